The number of pyridine rings is 1. The van der Waals surface area contributed by atoms with Gasteiger partial charge in [-0.1, -0.05) is 0 Å². The van der Waals surface area contributed by atoms with Crippen LogP contribution in [-0.2, 0) is 0 Å². The molecule has 5 heteroatoms. The standard InChI is InChI=1S/C15H18N4O/c1-10-9-14(18-12(3)17-10)15(20)19(4)11(2)13-5-7-16-8-6-13/h5-9,11H,1-4H3. The molecule has 0 saturated heterocycles. The molecule has 2 aromatic heterocycles. The molecule has 0 N–H and O–H groups in total. The molecular formula is C15H18N4O. The Morgan fingerprint density at radius 3 is 2.45 bits per heavy atom. The zero-order valence-corrected chi connectivity index (χ0v) is 12.2. The van der Waals surface area contributed by atoms with E-state index in [1.165, 1.54) is 0 Å². The van der Waals surface area contributed by atoms with E-state index < -0.39 is 0 Å². The zero-order chi connectivity index (χ0) is 14.7. The first-order chi connectivity index (χ1) is 9.49. The smallest absolute Gasteiger partial charge is 0.272 e. The second kappa shape index (κ2) is 5.77. The number of aryl methyl sites for hydroxylation is 2. The molecule has 0 aliphatic carbocycles. The van der Waals surface area contributed by atoms with Gasteiger partial charge in [-0.25, -0.2) is 9.97 Å². The third kappa shape index (κ3) is 2.99. The number of carbonyl (C=O) groups excluding carboxylic acids is 1. The molecule has 5 nitrogen and oxygen atoms in total. The van der Waals surface area contributed by atoms with E-state index in [1.54, 1.807) is 37.3 Å². The van der Waals surface area contributed by atoms with E-state index in [9.17, 15) is 4.79 Å². The van der Waals surface area contributed by atoms with E-state index in [0.717, 1.165) is 11.3 Å². The minimum atomic E-state index is -0.108. The Balaban J connectivity index is 2.24. The summed E-state index contributed by atoms with van der Waals surface area (Å²) >= 11 is 0. The molecule has 0 fully saturated rings. The van der Waals surface area contributed by atoms with E-state index in [4.69, 9.17) is 0 Å². The van der Waals surface area contributed by atoms with Gasteiger partial charge in [0.15, 0.2) is 0 Å². The highest BCUT2D eigenvalue weighted by atomic mass is 16.2. The Labute approximate surface area is 118 Å². The van der Waals surface area contributed by atoms with Crippen LogP contribution in [0.2, 0.25) is 0 Å². The molecule has 0 spiro atoms. The van der Waals surface area contributed by atoms with Gasteiger partial charge in [-0.3, -0.25) is 9.78 Å². The quantitative estimate of drug-likeness (QED) is 0.858. The minimum absolute atomic E-state index is 0.0407. The summed E-state index contributed by atoms with van der Waals surface area (Å²) in [6.45, 7) is 5.63. The molecule has 1 amide bonds. The van der Waals surface area contributed by atoms with Crippen molar-refractivity contribution in [1.29, 1.82) is 0 Å². The predicted molar refractivity (Wildman–Crippen MR) is 76.3 cm³/mol. The van der Waals surface area contributed by atoms with Gasteiger partial charge >= 0.3 is 0 Å². The number of amides is 1. The highest BCUT2D eigenvalue weighted by Crippen LogP contribution is 2.19. The maximum atomic E-state index is 12.5. The van der Waals surface area contributed by atoms with E-state index in [2.05, 4.69) is 15.0 Å². The summed E-state index contributed by atoms with van der Waals surface area (Å²) in [5.74, 6) is 0.501. The Bertz CT molecular complexity index is 592. The van der Waals surface area contributed by atoms with Crippen molar-refractivity contribution in [1.82, 2.24) is 19.9 Å². The van der Waals surface area contributed by atoms with Gasteiger partial charge in [-0.05, 0) is 44.5 Å². The summed E-state index contributed by atoms with van der Waals surface area (Å²) in [4.78, 5) is 26.6. The maximum absolute atomic E-state index is 12.5. The molecule has 0 aliphatic heterocycles. The first-order valence-electron chi connectivity index (χ1n) is 6.48. The Morgan fingerprint density at radius 1 is 1.20 bits per heavy atom. The molecule has 0 bridgehead atoms. The lowest BCUT2D eigenvalue weighted by atomic mass is 10.1. The van der Waals surface area contributed by atoms with Crippen LogP contribution in [0.1, 0.15) is 40.5 Å². The first kappa shape index (κ1) is 14.1. The van der Waals surface area contributed by atoms with Crippen LogP contribution in [0.3, 0.4) is 0 Å². The first-order valence-corrected chi connectivity index (χ1v) is 6.48. The molecule has 20 heavy (non-hydrogen) atoms. The van der Waals surface area contributed by atoms with Gasteiger partial charge in [0.25, 0.3) is 5.91 Å². The lowest BCUT2D eigenvalue weighted by Gasteiger charge is -2.25. The third-order valence-corrected chi connectivity index (χ3v) is 3.27. The normalized spacial score (nSPS) is 12.0. The molecule has 0 radical (unpaired) electrons. The Hall–Kier alpha value is -2.30. The summed E-state index contributed by atoms with van der Waals surface area (Å²) in [5.41, 5.74) is 2.27. The molecular weight excluding hydrogens is 252 g/mol. The number of rotatable bonds is 3. The van der Waals surface area contributed by atoms with E-state index in [1.807, 2.05) is 26.0 Å². The molecule has 2 aromatic rings. The molecule has 104 valence electrons. The molecule has 2 heterocycles. The van der Waals surface area contributed by atoms with Gasteiger partial charge in [-0.15, -0.1) is 0 Å². The number of nitrogens with zero attached hydrogens (tertiary/aromatic N) is 4. The van der Waals surface area contributed by atoms with Crippen molar-refractivity contribution in [2.24, 2.45) is 0 Å². The van der Waals surface area contributed by atoms with E-state index in [-0.39, 0.29) is 11.9 Å². The van der Waals surface area contributed by atoms with Crippen LogP contribution in [0.15, 0.2) is 30.6 Å². The lowest BCUT2D eigenvalue weighted by molar-refractivity contribution is 0.0736. The fraction of sp³-hybridized carbons (Fsp3) is 0.333. The fourth-order valence-corrected chi connectivity index (χ4v) is 2.05. The number of aromatic nitrogens is 3. The van der Waals surface area contributed by atoms with Crippen molar-refractivity contribution in [3.8, 4) is 0 Å². The van der Waals surface area contributed by atoms with Crippen molar-refractivity contribution in [3.63, 3.8) is 0 Å². The topological polar surface area (TPSA) is 59.0 Å². The number of carbonyl (C=O) groups is 1. The highest BCUT2D eigenvalue weighted by Gasteiger charge is 2.20. The van der Waals surface area contributed by atoms with Gasteiger partial charge in [0.1, 0.15) is 11.5 Å². The Kier molecular flexibility index (Phi) is 4.08. The Morgan fingerprint density at radius 2 is 1.85 bits per heavy atom. The van der Waals surface area contributed by atoms with Crippen molar-refractivity contribution >= 4 is 5.91 Å². The SMILES string of the molecule is Cc1cc(C(=O)N(C)C(C)c2ccncc2)nc(C)n1. The van der Waals surface area contributed by atoms with Crippen LogP contribution in [0, 0.1) is 13.8 Å². The van der Waals surface area contributed by atoms with Gasteiger partial charge in [0.05, 0.1) is 6.04 Å². The van der Waals surface area contributed by atoms with E-state index in [0.29, 0.717) is 11.5 Å². The van der Waals surface area contributed by atoms with Crippen molar-refractivity contribution in [2.75, 3.05) is 7.05 Å². The average molecular weight is 270 g/mol. The summed E-state index contributed by atoms with van der Waals surface area (Å²) in [6.07, 6.45) is 3.45. The second-order valence-corrected chi connectivity index (χ2v) is 4.81. The van der Waals surface area contributed by atoms with Gasteiger partial charge in [0.2, 0.25) is 0 Å². The molecule has 0 saturated carbocycles. The number of hydrogen-bond acceptors (Lipinski definition) is 4. The summed E-state index contributed by atoms with van der Waals surface area (Å²) in [7, 11) is 1.78. The van der Waals surface area contributed by atoms with Crippen LogP contribution in [0.25, 0.3) is 0 Å². The van der Waals surface area contributed by atoms with Crippen LogP contribution in [0.4, 0.5) is 0 Å². The van der Waals surface area contributed by atoms with Crippen molar-refractivity contribution in [3.05, 3.63) is 53.4 Å². The van der Waals surface area contributed by atoms with Crippen LogP contribution in [0.5, 0.6) is 0 Å². The van der Waals surface area contributed by atoms with Gasteiger partial charge in [0, 0.05) is 25.1 Å². The summed E-state index contributed by atoms with van der Waals surface area (Å²) < 4.78 is 0. The second-order valence-electron chi connectivity index (χ2n) is 4.81. The third-order valence-electron chi connectivity index (χ3n) is 3.27. The van der Waals surface area contributed by atoms with Gasteiger partial charge < -0.3 is 4.90 Å². The van der Waals surface area contributed by atoms with Gasteiger partial charge in [-0.2, -0.15) is 0 Å². The zero-order valence-electron chi connectivity index (χ0n) is 12.2. The predicted octanol–water partition coefficient (Wildman–Crippen LogP) is 2.32. The fourth-order valence-electron chi connectivity index (χ4n) is 2.05. The molecule has 1 unspecified atom stereocenters. The molecule has 0 aliphatic rings. The average Bonchev–Trinajstić information content (AvgIpc) is 2.45. The summed E-state index contributed by atoms with van der Waals surface area (Å²) in [6, 6.07) is 5.49. The minimum Gasteiger partial charge on any atom is -0.334 e. The van der Waals surface area contributed by atoms with Crippen LogP contribution < -0.4 is 0 Å². The maximum Gasteiger partial charge on any atom is 0.272 e. The molecule has 1 atom stereocenters. The van der Waals surface area contributed by atoms with E-state index >= 15 is 0 Å². The van der Waals surface area contributed by atoms with Crippen LogP contribution >= 0.6 is 0 Å². The summed E-state index contributed by atoms with van der Waals surface area (Å²) in [5, 5.41) is 0. The largest absolute Gasteiger partial charge is 0.334 e. The van der Waals surface area contributed by atoms with Crippen molar-refractivity contribution < 1.29 is 4.79 Å². The molecule has 2 rings (SSSR count). The highest BCUT2D eigenvalue weighted by molar-refractivity contribution is 5.92. The monoisotopic (exact) mass is 270 g/mol. The number of hydrogen-bond donors (Lipinski definition) is 0. The van der Waals surface area contributed by atoms with Crippen molar-refractivity contribution in [2.45, 2.75) is 26.8 Å². The lowest BCUT2D eigenvalue weighted by Crippen LogP contribution is -2.30. The van der Waals surface area contributed by atoms with Crippen LogP contribution in [-0.4, -0.2) is 32.8 Å². The molecule has 0 aromatic carbocycles.